The quantitative estimate of drug-likeness (QED) is 0.645. The topological polar surface area (TPSA) is 63.0 Å². The zero-order valence-electron chi connectivity index (χ0n) is 9.12. The lowest BCUT2D eigenvalue weighted by atomic mass is 10.2. The molecule has 0 fully saturated rings. The van der Waals surface area contributed by atoms with E-state index in [1.54, 1.807) is 6.21 Å². The average molecular weight is 246 g/mol. The van der Waals surface area contributed by atoms with Crippen LogP contribution in [-0.4, -0.2) is 21.1 Å². The van der Waals surface area contributed by atoms with Crippen LogP contribution in [0.25, 0.3) is 0 Å². The molecule has 5 nitrogen and oxygen atoms in total. The van der Waals surface area contributed by atoms with Gasteiger partial charge in [0, 0.05) is 0 Å². The highest BCUT2D eigenvalue weighted by atomic mass is 32.1. The van der Waals surface area contributed by atoms with E-state index in [0.717, 1.165) is 22.0 Å². The van der Waals surface area contributed by atoms with Gasteiger partial charge in [-0.3, -0.25) is 9.89 Å². The Morgan fingerprint density at radius 1 is 1.53 bits per heavy atom. The zero-order valence-corrected chi connectivity index (χ0v) is 9.94. The normalized spacial score (nSPS) is 10.9. The molecule has 0 saturated carbocycles. The summed E-state index contributed by atoms with van der Waals surface area (Å²) in [5.74, 6) is 0. The van der Waals surface area contributed by atoms with Gasteiger partial charge in [-0.25, -0.2) is 0 Å². The van der Waals surface area contributed by atoms with Crippen molar-refractivity contribution in [1.29, 1.82) is 0 Å². The lowest BCUT2D eigenvalue weighted by Crippen LogP contribution is -2.18. The maximum Gasteiger partial charge on any atom is 0.293 e. The van der Waals surface area contributed by atoms with Crippen molar-refractivity contribution in [2.75, 3.05) is 0 Å². The predicted molar refractivity (Wildman–Crippen MR) is 67.9 cm³/mol. The number of aromatic nitrogens is 3. The minimum Gasteiger partial charge on any atom is -0.265 e. The zero-order chi connectivity index (χ0) is 12.3. The molecule has 1 heterocycles. The van der Waals surface area contributed by atoms with Crippen LogP contribution < -0.4 is 5.56 Å². The van der Waals surface area contributed by atoms with E-state index in [0.29, 0.717) is 0 Å². The lowest BCUT2D eigenvalue weighted by Gasteiger charge is -1.97. The smallest absolute Gasteiger partial charge is 0.265 e. The molecule has 1 aromatic carbocycles. The summed E-state index contributed by atoms with van der Waals surface area (Å²) in [6.45, 7) is 1.99. The highest BCUT2D eigenvalue weighted by molar-refractivity contribution is 7.71. The van der Waals surface area contributed by atoms with Crippen LogP contribution >= 0.6 is 12.2 Å². The first-order valence-corrected chi connectivity index (χ1v) is 5.35. The van der Waals surface area contributed by atoms with Crippen LogP contribution in [0.5, 0.6) is 0 Å². The number of hydrogen-bond acceptors (Lipinski definition) is 4. The summed E-state index contributed by atoms with van der Waals surface area (Å²) in [4.78, 5) is 11.4. The van der Waals surface area contributed by atoms with Gasteiger partial charge in [-0.1, -0.05) is 29.8 Å². The van der Waals surface area contributed by atoms with Gasteiger partial charge in [-0.2, -0.15) is 14.9 Å². The molecule has 0 aliphatic rings. The molecule has 0 aliphatic carbocycles. The molecule has 0 unspecified atom stereocenters. The van der Waals surface area contributed by atoms with E-state index in [1.165, 1.54) is 0 Å². The van der Waals surface area contributed by atoms with Crippen LogP contribution in [0.2, 0.25) is 0 Å². The summed E-state index contributed by atoms with van der Waals surface area (Å²) >= 11 is 4.91. The molecule has 0 atom stereocenters. The van der Waals surface area contributed by atoms with Gasteiger partial charge < -0.3 is 0 Å². The molecule has 0 radical (unpaired) electrons. The fourth-order valence-electron chi connectivity index (χ4n) is 1.33. The van der Waals surface area contributed by atoms with E-state index in [2.05, 4.69) is 15.3 Å². The van der Waals surface area contributed by atoms with Gasteiger partial charge in [-0.15, -0.1) is 0 Å². The molecule has 2 rings (SSSR count). The number of benzene rings is 1. The maximum atomic E-state index is 11.4. The number of aromatic amines is 1. The monoisotopic (exact) mass is 246 g/mol. The van der Waals surface area contributed by atoms with E-state index in [-0.39, 0.29) is 10.3 Å². The van der Waals surface area contributed by atoms with Gasteiger partial charge in [0.2, 0.25) is 4.77 Å². The summed E-state index contributed by atoms with van der Waals surface area (Å²) < 4.78 is 1.26. The van der Waals surface area contributed by atoms with Gasteiger partial charge in [0.1, 0.15) is 6.20 Å². The Morgan fingerprint density at radius 2 is 2.35 bits per heavy atom. The van der Waals surface area contributed by atoms with Crippen molar-refractivity contribution in [3.05, 3.63) is 56.7 Å². The van der Waals surface area contributed by atoms with Crippen molar-refractivity contribution < 1.29 is 0 Å². The van der Waals surface area contributed by atoms with Crippen molar-refractivity contribution in [2.45, 2.75) is 6.92 Å². The molecule has 0 saturated heterocycles. The summed E-state index contributed by atoms with van der Waals surface area (Å²) in [5.41, 5.74) is 1.67. The molecule has 0 amide bonds. The molecule has 0 spiro atoms. The molecule has 2 aromatic rings. The van der Waals surface area contributed by atoms with E-state index >= 15 is 0 Å². The second kappa shape index (κ2) is 4.84. The first-order chi connectivity index (χ1) is 8.16. The van der Waals surface area contributed by atoms with Crippen LogP contribution in [0.15, 0.2) is 40.4 Å². The van der Waals surface area contributed by atoms with E-state index < -0.39 is 0 Å². The fraction of sp³-hybridized carbons (Fsp3) is 0.0909. The second-order valence-electron chi connectivity index (χ2n) is 3.48. The number of aryl methyl sites for hydroxylation is 1. The Labute approximate surface area is 102 Å². The van der Waals surface area contributed by atoms with E-state index in [4.69, 9.17) is 12.2 Å². The summed E-state index contributed by atoms with van der Waals surface area (Å²) in [7, 11) is 0. The van der Waals surface area contributed by atoms with Crippen LogP contribution in [0, 0.1) is 11.7 Å². The molecule has 1 N–H and O–H groups in total. The van der Waals surface area contributed by atoms with Gasteiger partial charge in [0.15, 0.2) is 0 Å². The summed E-state index contributed by atoms with van der Waals surface area (Å²) in [6, 6.07) is 7.77. The van der Waals surface area contributed by atoms with Crippen molar-refractivity contribution in [3.63, 3.8) is 0 Å². The van der Waals surface area contributed by atoms with Gasteiger partial charge in [-0.05, 0) is 24.7 Å². The highest BCUT2D eigenvalue weighted by Crippen LogP contribution is 2.00. The summed E-state index contributed by atoms with van der Waals surface area (Å²) in [5, 5.41) is 10.1. The molecular formula is C11H10N4OS. The Balaban J connectivity index is 2.39. The number of nitrogens with zero attached hydrogens (tertiary/aromatic N) is 3. The Morgan fingerprint density at radius 3 is 3.06 bits per heavy atom. The maximum absolute atomic E-state index is 11.4. The van der Waals surface area contributed by atoms with Crippen molar-refractivity contribution in [1.82, 2.24) is 14.9 Å². The van der Waals surface area contributed by atoms with Crippen LogP contribution in [0.1, 0.15) is 11.1 Å². The molecule has 6 heteroatoms. The molecule has 1 aromatic heterocycles. The molecule has 0 aliphatic heterocycles. The molecule has 17 heavy (non-hydrogen) atoms. The number of nitrogens with one attached hydrogen (secondary N) is 1. The largest absolute Gasteiger partial charge is 0.293 e. The van der Waals surface area contributed by atoms with E-state index in [9.17, 15) is 4.79 Å². The highest BCUT2D eigenvalue weighted by Gasteiger charge is 1.94. The Kier molecular flexibility index (Phi) is 3.24. The number of rotatable bonds is 2. The summed E-state index contributed by atoms with van der Waals surface area (Å²) in [6.07, 6.45) is 2.71. The Bertz CT molecular complexity index is 643. The van der Waals surface area contributed by atoms with Gasteiger partial charge in [0.05, 0.1) is 6.21 Å². The van der Waals surface area contributed by atoms with E-state index in [1.807, 2.05) is 31.2 Å². The third kappa shape index (κ3) is 2.73. The van der Waals surface area contributed by atoms with Crippen molar-refractivity contribution in [3.8, 4) is 0 Å². The minimum absolute atomic E-state index is 0.168. The average Bonchev–Trinajstić information content (AvgIpc) is 2.28. The van der Waals surface area contributed by atoms with Crippen molar-refractivity contribution in [2.24, 2.45) is 5.10 Å². The Hall–Kier alpha value is -2.08. The minimum atomic E-state index is -0.363. The van der Waals surface area contributed by atoms with Crippen LogP contribution in [0.3, 0.4) is 0 Å². The standard InChI is InChI=1S/C11H10N4OS/c1-8-3-2-4-9(5-8)6-13-15-10(16)7-12-14-11(15)17/h2-7H,1H3,(H,14,17)/b13-6-. The van der Waals surface area contributed by atoms with Crippen LogP contribution in [0.4, 0.5) is 0 Å². The second-order valence-corrected chi connectivity index (χ2v) is 3.87. The van der Waals surface area contributed by atoms with Crippen LogP contribution in [-0.2, 0) is 0 Å². The third-order valence-corrected chi connectivity index (χ3v) is 2.36. The number of H-pyrrole nitrogens is 1. The molecule has 0 bridgehead atoms. The lowest BCUT2D eigenvalue weighted by molar-refractivity contribution is 0.738. The fourth-order valence-corrected chi connectivity index (χ4v) is 1.52. The molecule has 86 valence electrons. The third-order valence-electron chi connectivity index (χ3n) is 2.10. The van der Waals surface area contributed by atoms with Crippen molar-refractivity contribution >= 4 is 18.4 Å². The van der Waals surface area contributed by atoms with Gasteiger partial charge in [0.25, 0.3) is 5.56 Å². The molecular weight excluding hydrogens is 236 g/mol. The SMILES string of the molecule is Cc1cccc(/C=N\n2c(=O)cn[nH]c2=S)c1. The first kappa shape index (κ1) is 11.4. The predicted octanol–water partition coefficient (Wildman–Crippen LogP) is 1.49. The first-order valence-electron chi connectivity index (χ1n) is 4.94. The van der Waals surface area contributed by atoms with Gasteiger partial charge >= 0.3 is 0 Å². The number of hydrogen-bond donors (Lipinski definition) is 1.